The zero-order valence-corrected chi connectivity index (χ0v) is 17.7. The van der Waals surface area contributed by atoms with E-state index < -0.39 is 0 Å². The summed E-state index contributed by atoms with van der Waals surface area (Å²) in [5, 5.41) is 5.51. The van der Waals surface area contributed by atoms with Crippen molar-refractivity contribution in [2.24, 2.45) is 0 Å². The molecule has 0 N–H and O–H groups in total. The number of carbonyl (C=O) groups excluding carboxylic acids is 1. The van der Waals surface area contributed by atoms with Crippen molar-refractivity contribution >= 4 is 35.1 Å². The molecule has 148 valence electrons. The Kier molecular flexibility index (Phi) is 5.84. The summed E-state index contributed by atoms with van der Waals surface area (Å²) in [6, 6.07) is 24.9. The molecule has 0 spiro atoms. The third-order valence-electron chi connectivity index (χ3n) is 4.78. The molecule has 3 aromatic carbocycles. The molecule has 1 aromatic heterocycles. The SMILES string of the molecule is Cc1nn(-c2cccc(Cl)c2)c(Cl)c1C=CC(=O)c1ccc(-c2ccccc2)cc1. The number of nitrogens with zero attached hydrogens (tertiary/aromatic N) is 2. The Hall–Kier alpha value is -3.14. The van der Waals surface area contributed by atoms with Gasteiger partial charge in [-0.15, -0.1) is 0 Å². The lowest BCUT2D eigenvalue weighted by Crippen LogP contribution is -1.96. The van der Waals surface area contributed by atoms with Crippen LogP contribution >= 0.6 is 23.2 Å². The van der Waals surface area contributed by atoms with Gasteiger partial charge in [0.05, 0.1) is 11.4 Å². The summed E-state index contributed by atoms with van der Waals surface area (Å²) in [6.45, 7) is 1.85. The van der Waals surface area contributed by atoms with Crippen LogP contribution in [0.1, 0.15) is 21.6 Å². The molecule has 0 aliphatic carbocycles. The van der Waals surface area contributed by atoms with Crippen LogP contribution in [0.5, 0.6) is 0 Å². The molecule has 0 radical (unpaired) electrons. The van der Waals surface area contributed by atoms with Crippen LogP contribution in [0.3, 0.4) is 0 Å². The van der Waals surface area contributed by atoms with Crippen molar-refractivity contribution in [2.75, 3.05) is 0 Å². The molecule has 0 aliphatic heterocycles. The average Bonchev–Trinajstić information content (AvgIpc) is 3.06. The highest BCUT2D eigenvalue weighted by atomic mass is 35.5. The van der Waals surface area contributed by atoms with Gasteiger partial charge < -0.3 is 0 Å². The van der Waals surface area contributed by atoms with Crippen molar-refractivity contribution in [1.29, 1.82) is 0 Å². The Bertz CT molecular complexity index is 1230. The lowest BCUT2D eigenvalue weighted by molar-refractivity contribution is 0.104. The maximum Gasteiger partial charge on any atom is 0.185 e. The summed E-state index contributed by atoms with van der Waals surface area (Å²) in [5.41, 5.74) is 4.98. The highest BCUT2D eigenvalue weighted by Gasteiger charge is 2.13. The van der Waals surface area contributed by atoms with Gasteiger partial charge in [-0.05, 0) is 48.4 Å². The first-order chi connectivity index (χ1) is 14.5. The fourth-order valence-corrected chi connectivity index (χ4v) is 3.71. The number of aryl methyl sites for hydroxylation is 1. The van der Waals surface area contributed by atoms with Crippen LogP contribution in [0.25, 0.3) is 22.9 Å². The van der Waals surface area contributed by atoms with Crippen LogP contribution in [0, 0.1) is 6.92 Å². The quantitative estimate of drug-likeness (QED) is 0.250. The molecular weight excluding hydrogens is 415 g/mol. The van der Waals surface area contributed by atoms with Crippen LogP contribution in [-0.4, -0.2) is 15.6 Å². The smallest absolute Gasteiger partial charge is 0.185 e. The minimum absolute atomic E-state index is 0.0967. The molecule has 1 heterocycles. The average molecular weight is 433 g/mol. The van der Waals surface area contributed by atoms with E-state index in [0.29, 0.717) is 21.3 Å². The Labute approximate surface area is 185 Å². The van der Waals surface area contributed by atoms with Gasteiger partial charge in [0.25, 0.3) is 0 Å². The minimum Gasteiger partial charge on any atom is -0.289 e. The lowest BCUT2D eigenvalue weighted by atomic mass is 10.0. The minimum atomic E-state index is -0.0967. The normalized spacial score (nSPS) is 11.2. The van der Waals surface area contributed by atoms with Crippen molar-refractivity contribution in [3.05, 3.63) is 112 Å². The van der Waals surface area contributed by atoms with Gasteiger partial charge in [-0.2, -0.15) is 5.10 Å². The van der Waals surface area contributed by atoms with E-state index in [0.717, 1.165) is 22.5 Å². The van der Waals surface area contributed by atoms with Crippen molar-refractivity contribution in [2.45, 2.75) is 6.92 Å². The number of halogens is 2. The number of hydrogen-bond donors (Lipinski definition) is 0. The molecule has 3 nitrogen and oxygen atoms in total. The molecule has 0 aliphatic rings. The van der Waals surface area contributed by atoms with E-state index >= 15 is 0 Å². The Morgan fingerprint density at radius 2 is 1.60 bits per heavy atom. The largest absolute Gasteiger partial charge is 0.289 e. The number of allylic oxidation sites excluding steroid dienone is 1. The van der Waals surface area contributed by atoms with E-state index in [4.69, 9.17) is 23.2 Å². The molecular formula is C25H18Cl2N2O. The van der Waals surface area contributed by atoms with Gasteiger partial charge in [-0.3, -0.25) is 4.79 Å². The van der Waals surface area contributed by atoms with Crippen LogP contribution in [0.15, 0.2) is 84.9 Å². The second-order valence-corrected chi connectivity index (χ2v) is 7.62. The predicted molar refractivity (Wildman–Crippen MR) is 124 cm³/mol. The van der Waals surface area contributed by atoms with Gasteiger partial charge in [0, 0.05) is 16.1 Å². The molecule has 0 saturated heterocycles. The molecule has 0 saturated carbocycles. The molecule has 0 unspecified atom stereocenters. The number of hydrogen-bond acceptors (Lipinski definition) is 2. The van der Waals surface area contributed by atoms with Crippen LogP contribution in [-0.2, 0) is 0 Å². The highest BCUT2D eigenvalue weighted by molar-refractivity contribution is 6.32. The summed E-state index contributed by atoms with van der Waals surface area (Å²) < 4.78 is 1.61. The number of rotatable bonds is 5. The molecule has 0 bridgehead atoms. The Morgan fingerprint density at radius 1 is 0.900 bits per heavy atom. The topological polar surface area (TPSA) is 34.9 Å². The van der Waals surface area contributed by atoms with Crippen molar-refractivity contribution < 1.29 is 4.79 Å². The summed E-state index contributed by atoms with van der Waals surface area (Å²) >= 11 is 12.6. The fourth-order valence-electron chi connectivity index (χ4n) is 3.19. The maximum atomic E-state index is 12.6. The molecule has 4 aromatic rings. The van der Waals surface area contributed by atoms with Crippen LogP contribution in [0.4, 0.5) is 0 Å². The third-order valence-corrected chi connectivity index (χ3v) is 5.38. The third kappa shape index (κ3) is 4.23. The zero-order chi connectivity index (χ0) is 21.1. The molecule has 0 atom stereocenters. The maximum absolute atomic E-state index is 12.6. The van der Waals surface area contributed by atoms with Gasteiger partial charge in [-0.1, -0.05) is 83.9 Å². The van der Waals surface area contributed by atoms with Crippen LogP contribution in [0.2, 0.25) is 10.2 Å². The van der Waals surface area contributed by atoms with E-state index in [9.17, 15) is 4.79 Å². The van der Waals surface area contributed by atoms with E-state index in [1.165, 1.54) is 6.08 Å². The highest BCUT2D eigenvalue weighted by Crippen LogP contribution is 2.26. The first-order valence-electron chi connectivity index (χ1n) is 9.42. The fraction of sp³-hybridized carbons (Fsp3) is 0.0400. The second kappa shape index (κ2) is 8.70. The number of ketones is 1. The van der Waals surface area contributed by atoms with Crippen molar-refractivity contribution in [1.82, 2.24) is 9.78 Å². The first-order valence-corrected chi connectivity index (χ1v) is 10.2. The molecule has 0 fully saturated rings. The molecule has 30 heavy (non-hydrogen) atoms. The lowest BCUT2D eigenvalue weighted by Gasteiger charge is -2.03. The summed E-state index contributed by atoms with van der Waals surface area (Å²) in [6.07, 6.45) is 3.23. The van der Waals surface area contributed by atoms with Crippen LogP contribution < -0.4 is 0 Å². The molecule has 5 heteroatoms. The summed E-state index contributed by atoms with van der Waals surface area (Å²) in [7, 11) is 0. The van der Waals surface area contributed by atoms with Crippen molar-refractivity contribution in [3.8, 4) is 16.8 Å². The zero-order valence-electron chi connectivity index (χ0n) is 16.2. The predicted octanol–water partition coefficient (Wildman–Crippen LogP) is 7.05. The standard InChI is InChI=1S/C25H18Cl2N2O/c1-17-23(25(27)29(28-17)22-9-5-8-21(26)16-22)14-15-24(30)20-12-10-19(11-13-20)18-6-3-2-4-7-18/h2-16H,1H3. The molecule has 4 rings (SSSR count). The number of aromatic nitrogens is 2. The molecule has 0 amide bonds. The monoisotopic (exact) mass is 432 g/mol. The summed E-state index contributed by atoms with van der Waals surface area (Å²) in [5.74, 6) is -0.0967. The van der Waals surface area contributed by atoms with Gasteiger partial charge in [-0.25, -0.2) is 4.68 Å². The van der Waals surface area contributed by atoms with Gasteiger partial charge in [0.15, 0.2) is 5.78 Å². The Balaban J connectivity index is 1.56. The second-order valence-electron chi connectivity index (χ2n) is 6.82. The van der Waals surface area contributed by atoms with Gasteiger partial charge in [0.1, 0.15) is 5.15 Å². The summed E-state index contributed by atoms with van der Waals surface area (Å²) in [4.78, 5) is 12.6. The number of benzene rings is 3. The number of carbonyl (C=O) groups is 1. The van der Waals surface area contributed by atoms with E-state index in [1.807, 2.05) is 73.7 Å². The van der Waals surface area contributed by atoms with E-state index in [-0.39, 0.29) is 5.78 Å². The Morgan fingerprint density at radius 3 is 2.30 bits per heavy atom. The van der Waals surface area contributed by atoms with Gasteiger partial charge >= 0.3 is 0 Å². The first kappa shape index (κ1) is 20.1. The van der Waals surface area contributed by atoms with E-state index in [2.05, 4.69) is 5.10 Å². The van der Waals surface area contributed by atoms with Gasteiger partial charge in [0.2, 0.25) is 0 Å². The van der Waals surface area contributed by atoms with Crippen molar-refractivity contribution in [3.63, 3.8) is 0 Å². The van der Waals surface area contributed by atoms with E-state index in [1.54, 1.807) is 22.9 Å².